The van der Waals surface area contributed by atoms with E-state index in [1.807, 2.05) is 0 Å². The van der Waals surface area contributed by atoms with Gasteiger partial charge in [0.05, 0.1) is 12.7 Å². The number of hydrogen-bond donors (Lipinski definition) is 1. The Bertz CT molecular complexity index is 275. The molecule has 2 aliphatic rings. The van der Waals surface area contributed by atoms with Crippen LogP contribution in [0.3, 0.4) is 0 Å². The lowest BCUT2D eigenvalue weighted by molar-refractivity contribution is -0.0770. The van der Waals surface area contributed by atoms with E-state index in [2.05, 4.69) is 30.6 Å². The second-order valence-corrected chi connectivity index (χ2v) is 6.75. The lowest BCUT2D eigenvalue weighted by Crippen LogP contribution is -2.63. The van der Waals surface area contributed by atoms with Crippen LogP contribution in [0.1, 0.15) is 33.6 Å². The SMILES string of the molecule is CC(C)CN1CCC(CN)(N2CCOC(C)C2)CC1. The number of nitrogens with two attached hydrogens (primary N) is 1. The van der Waals surface area contributed by atoms with Crippen molar-refractivity contribution in [2.24, 2.45) is 11.7 Å². The summed E-state index contributed by atoms with van der Waals surface area (Å²) < 4.78 is 5.67. The maximum Gasteiger partial charge on any atom is 0.0674 e. The van der Waals surface area contributed by atoms with E-state index in [1.54, 1.807) is 0 Å². The molecule has 0 saturated carbocycles. The summed E-state index contributed by atoms with van der Waals surface area (Å²) in [6, 6.07) is 0. The molecule has 2 heterocycles. The van der Waals surface area contributed by atoms with Gasteiger partial charge in [-0.05, 0) is 38.8 Å². The summed E-state index contributed by atoms with van der Waals surface area (Å²) in [5, 5.41) is 0. The molecule has 19 heavy (non-hydrogen) atoms. The maximum atomic E-state index is 6.16. The van der Waals surface area contributed by atoms with Crippen LogP contribution >= 0.6 is 0 Å². The second kappa shape index (κ2) is 6.53. The molecule has 2 rings (SSSR count). The highest BCUT2D eigenvalue weighted by molar-refractivity contribution is 4.97. The van der Waals surface area contributed by atoms with Crippen molar-refractivity contribution in [1.29, 1.82) is 0 Å². The summed E-state index contributed by atoms with van der Waals surface area (Å²) in [6.07, 6.45) is 2.78. The minimum absolute atomic E-state index is 0.228. The summed E-state index contributed by atoms with van der Waals surface area (Å²) in [4.78, 5) is 5.20. The molecule has 0 bridgehead atoms. The molecule has 0 aliphatic carbocycles. The lowest BCUT2D eigenvalue weighted by atomic mass is 9.84. The third-order valence-electron chi connectivity index (χ3n) is 4.70. The van der Waals surface area contributed by atoms with E-state index in [-0.39, 0.29) is 5.54 Å². The number of ether oxygens (including phenoxy) is 1. The van der Waals surface area contributed by atoms with E-state index < -0.39 is 0 Å². The number of piperidine rings is 1. The molecular formula is C15H31N3O. The predicted molar refractivity (Wildman–Crippen MR) is 79.3 cm³/mol. The first kappa shape index (κ1) is 15.2. The van der Waals surface area contributed by atoms with Gasteiger partial charge in [0.15, 0.2) is 0 Å². The van der Waals surface area contributed by atoms with Crippen LogP contribution in [0.2, 0.25) is 0 Å². The van der Waals surface area contributed by atoms with Gasteiger partial charge in [-0.1, -0.05) is 13.8 Å². The minimum Gasteiger partial charge on any atom is -0.376 e. The Morgan fingerprint density at radius 3 is 2.47 bits per heavy atom. The molecule has 0 aromatic rings. The summed E-state index contributed by atoms with van der Waals surface area (Å²) in [5.41, 5.74) is 6.39. The average Bonchev–Trinajstić information content (AvgIpc) is 2.39. The Kier molecular flexibility index (Phi) is 5.23. The van der Waals surface area contributed by atoms with Gasteiger partial charge in [-0.2, -0.15) is 0 Å². The molecule has 0 radical (unpaired) electrons. The summed E-state index contributed by atoms with van der Waals surface area (Å²) in [7, 11) is 0. The van der Waals surface area contributed by atoms with Gasteiger partial charge in [0.1, 0.15) is 0 Å². The van der Waals surface area contributed by atoms with Crippen LogP contribution in [-0.4, -0.2) is 67.3 Å². The largest absolute Gasteiger partial charge is 0.376 e. The maximum absolute atomic E-state index is 6.16. The zero-order chi connectivity index (χ0) is 13.9. The molecule has 4 nitrogen and oxygen atoms in total. The molecule has 1 unspecified atom stereocenters. The Morgan fingerprint density at radius 2 is 1.95 bits per heavy atom. The molecule has 2 saturated heterocycles. The Morgan fingerprint density at radius 1 is 1.26 bits per heavy atom. The second-order valence-electron chi connectivity index (χ2n) is 6.75. The normalized spacial score (nSPS) is 29.8. The van der Waals surface area contributed by atoms with Crippen molar-refractivity contribution in [2.75, 3.05) is 45.9 Å². The van der Waals surface area contributed by atoms with Gasteiger partial charge in [0.2, 0.25) is 0 Å². The van der Waals surface area contributed by atoms with E-state index in [9.17, 15) is 0 Å². The standard InChI is InChI=1S/C15H31N3O/c1-13(2)10-17-6-4-15(12-16,5-7-17)18-8-9-19-14(3)11-18/h13-14H,4-12,16H2,1-3H3. The summed E-state index contributed by atoms with van der Waals surface area (Å²) in [5.74, 6) is 0.758. The number of nitrogens with zero attached hydrogens (tertiary/aromatic N) is 2. The van der Waals surface area contributed by atoms with Crippen LogP contribution in [-0.2, 0) is 4.74 Å². The average molecular weight is 269 g/mol. The summed E-state index contributed by atoms with van der Waals surface area (Å²) in [6.45, 7) is 14.1. The molecule has 0 aromatic carbocycles. The van der Waals surface area contributed by atoms with Crippen molar-refractivity contribution in [3.8, 4) is 0 Å². The van der Waals surface area contributed by atoms with Crippen molar-refractivity contribution in [3.63, 3.8) is 0 Å². The first-order valence-corrected chi connectivity index (χ1v) is 7.85. The molecule has 1 atom stereocenters. The van der Waals surface area contributed by atoms with Crippen molar-refractivity contribution in [3.05, 3.63) is 0 Å². The smallest absolute Gasteiger partial charge is 0.0674 e. The zero-order valence-electron chi connectivity index (χ0n) is 12.9. The molecule has 0 aromatic heterocycles. The van der Waals surface area contributed by atoms with E-state index in [0.29, 0.717) is 6.10 Å². The number of morpholine rings is 1. The predicted octanol–water partition coefficient (Wildman–Crippen LogP) is 1.16. The number of likely N-dealkylation sites (tertiary alicyclic amines) is 1. The molecule has 2 fully saturated rings. The lowest BCUT2D eigenvalue weighted by Gasteiger charge is -2.50. The molecular weight excluding hydrogens is 238 g/mol. The third-order valence-corrected chi connectivity index (χ3v) is 4.70. The van der Waals surface area contributed by atoms with Gasteiger partial charge in [-0.3, -0.25) is 4.90 Å². The zero-order valence-corrected chi connectivity index (χ0v) is 12.9. The quantitative estimate of drug-likeness (QED) is 0.831. The van der Waals surface area contributed by atoms with Crippen LogP contribution in [0.15, 0.2) is 0 Å². The van der Waals surface area contributed by atoms with Crippen LogP contribution < -0.4 is 5.73 Å². The fourth-order valence-corrected chi connectivity index (χ4v) is 3.57. The molecule has 4 heteroatoms. The van der Waals surface area contributed by atoms with Gasteiger partial charge in [-0.25, -0.2) is 0 Å². The first-order valence-electron chi connectivity index (χ1n) is 7.85. The summed E-state index contributed by atoms with van der Waals surface area (Å²) >= 11 is 0. The van der Waals surface area contributed by atoms with Gasteiger partial charge < -0.3 is 15.4 Å². The number of hydrogen-bond acceptors (Lipinski definition) is 4. The fraction of sp³-hybridized carbons (Fsp3) is 1.00. The Hall–Kier alpha value is -0.160. The Balaban J connectivity index is 1.93. The number of rotatable bonds is 4. The Labute approximate surface area is 118 Å². The third kappa shape index (κ3) is 3.69. The van der Waals surface area contributed by atoms with E-state index in [1.165, 1.54) is 32.5 Å². The monoisotopic (exact) mass is 269 g/mol. The highest BCUT2D eigenvalue weighted by Crippen LogP contribution is 2.30. The highest BCUT2D eigenvalue weighted by atomic mass is 16.5. The van der Waals surface area contributed by atoms with E-state index in [0.717, 1.165) is 32.2 Å². The van der Waals surface area contributed by atoms with Crippen molar-refractivity contribution in [1.82, 2.24) is 9.80 Å². The topological polar surface area (TPSA) is 41.7 Å². The van der Waals surface area contributed by atoms with Crippen LogP contribution in [0.4, 0.5) is 0 Å². The molecule has 2 aliphatic heterocycles. The van der Waals surface area contributed by atoms with Crippen LogP contribution in [0.25, 0.3) is 0 Å². The molecule has 0 spiro atoms. The fourth-order valence-electron chi connectivity index (χ4n) is 3.57. The van der Waals surface area contributed by atoms with Gasteiger partial charge >= 0.3 is 0 Å². The van der Waals surface area contributed by atoms with Crippen molar-refractivity contribution >= 4 is 0 Å². The first-order chi connectivity index (χ1) is 9.05. The van der Waals surface area contributed by atoms with Crippen molar-refractivity contribution < 1.29 is 4.74 Å². The van der Waals surface area contributed by atoms with E-state index in [4.69, 9.17) is 10.5 Å². The van der Waals surface area contributed by atoms with Crippen molar-refractivity contribution in [2.45, 2.75) is 45.3 Å². The van der Waals surface area contributed by atoms with Gasteiger partial charge in [0.25, 0.3) is 0 Å². The molecule has 2 N–H and O–H groups in total. The molecule has 0 amide bonds. The highest BCUT2D eigenvalue weighted by Gasteiger charge is 2.40. The molecule has 112 valence electrons. The van der Waals surface area contributed by atoms with Gasteiger partial charge in [0, 0.05) is 31.7 Å². The van der Waals surface area contributed by atoms with Crippen LogP contribution in [0, 0.1) is 5.92 Å². The van der Waals surface area contributed by atoms with Crippen LogP contribution in [0.5, 0.6) is 0 Å². The van der Waals surface area contributed by atoms with E-state index >= 15 is 0 Å². The van der Waals surface area contributed by atoms with Gasteiger partial charge in [-0.15, -0.1) is 0 Å². The minimum atomic E-state index is 0.228.